The molecular formula is C8H7ClN4. The molecule has 1 heterocycles. The first-order valence-corrected chi connectivity index (χ1v) is 4.06. The second-order valence-corrected chi connectivity index (χ2v) is 2.89. The van der Waals surface area contributed by atoms with E-state index in [1.54, 1.807) is 23.1 Å². The van der Waals surface area contributed by atoms with Crippen molar-refractivity contribution in [3.8, 4) is 5.69 Å². The highest BCUT2D eigenvalue weighted by Crippen LogP contribution is 2.10. The van der Waals surface area contributed by atoms with Crippen molar-refractivity contribution in [2.45, 2.75) is 0 Å². The van der Waals surface area contributed by atoms with Gasteiger partial charge in [-0.1, -0.05) is 0 Å². The van der Waals surface area contributed by atoms with E-state index in [1.807, 2.05) is 12.1 Å². The molecule has 2 aromatic rings. The van der Waals surface area contributed by atoms with Crippen LogP contribution >= 0.6 is 11.6 Å². The zero-order chi connectivity index (χ0) is 9.26. The topological polar surface area (TPSA) is 56.7 Å². The molecule has 1 aromatic carbocycles. The Morgan fingerprint density at radius 3 is 2.46 bits per heavy atom. The summed E-state index contributed by atoms with van der Waals surface area (Å²) in [5, 5.41) is 4.17. The van der Waals surface area contributed by atoms with Crippen molar-refractivity contribution in [1.29, 1.82) is 0 Å². The highest BCUT2D eigenvalue weighted by molar-refractivity contribution is 6.28. The molecule has 0 aliphatic carbocycles. The van der Waals surface area contributed by atoms with Gasteiger partial charge in [0, 0.05) is 5.69 Å². The monoisotopic (exact) mass is 194 g/mol. The van der Waals surface area contributed by atoms with Crippen LogP contribution in [0, 0.1) is 0 Å². The minimum absolute atomic E-state index is 0.233. The van der Waals surface area contributed by atoms with Gasteiger partial charge in [0.1, 0.15) is 6.33 Å². The number of hydrogen-bond donors (Lipinski definition) is 1. The quantitative estimate of drug-likeness (QED) is 0.700. The molecule has 0 amide bonds. The molecule has 1 aromatic heterocycles. The molecule has 2 rings (SSSR count). The zero-order valence-electron chi connectivity index (χ0n) is 6.68. The molecule has 0 bridgehead atoms. The molecule has 0 saturated heterocycles. The molecule has 0 aliphatic rings. The van der Waals surface area contributed by atoms with Gasteiger partial charge in [-0.05, 0) is 35.9 Å². The summed E-state index contributed by atoms with van der Waals surface area (Å²) in [5.74, 6) is 0. The van der Waals surface area contributed by atoms with E-state index in [1.165, 1.54) is 0 Å². The lowest BCUT2D eigenvalue weighted by Gasteiger charge is -1.99. The Bertz CT molecular complexity index is 406. The fourth-order valence-corrected chi connectivity index (χ4v) is 1.12. The maximum Gasteiger partial charge on any atom is 0.242 e. The van der Waals surface area contributed by atoms with E-state index < -0.39 is 0 Å². The second-order valence-electron chi connectivity index (χ2n) is 2.55. The van der Waals surface area contributed by atoms with Crippen molar-refractivity contribution in [1.82, 2.24) is 14.8 Å². The Labute approximate surface area is 80.0 Å². The van der Waals surface area contributed by atoms with Crippen molar-refractivity contribution in [2.75, 3.05) is 5.73 Å². The van der Waals surface area contributed by atoms with Crippen LogP contribution in [-0.4, -0.2) is 14.8 Å². The first-order valence-electron chi connectivity index (χ1n) is 3.69. The van der Waals surface area contributed by atoms with Crippen molar-refractivity contribution < 1.29 is 0 Å². The first-order chi connectivity index (χ1) is 6.25. The molecule has 4 nitrogen and oxygen atoms in total. The van der Waals surface area contributed by atoms with Gasteiger partial charge >= 0.3 is 0 Å². The molecule has 0 unspecified atom stereocenters. The Morgan fingerprint density at radius 1 is 1.23 bits per heavy atom. The van der Waals surface area contributed by atoms with Gasteiger partial charge < -0.3 is 5.73 Å². The number of hydrogen-bond acceptors (Lipinski definition) is 3. The summed E-state index contributed by atoms with van der Waals surface area (Å²) in [4.78, 5) is 3.80. The van der Waals surface area contributed by atoms with Crippen molar-refractivity contribution in [2.24, 2.45) is 0 Å². The summed E-state index contributed by atoms with van der Waals surface area (Å²) in [5.41, 5.74) is 7.14. The molecule has 0 aliphatic heterocycles. The SMILES string of the molecule is Nc1ccc(-n2cnc(Cl)n2)cc1. The highest BCUT2D eigenvalue weighted by atomic mass is 35.5. The number of rotatable bonds is 1. The van der Waals surface area contributed by atoms with Gasteiger partial charge in [0.2, 0.25) is 5.28 Å². The number of nitrogens with two attached hydrogens (primary N) is 1. The summed E-state index contributed by atoms with van der Waals surface area (Å²) in [7, 11) is 0. The van der Waals surface area contributed by atoms with Crippen molar-refractivity contribution in [3.63, 3.8) is 0 Å². The number of anilines is 1. The van der Waals surface area contributed by atoms with Crippen LogP contribution in [-0.2, 0) is 0 Å². The van der Waals surface area contributed by atoms with Gasteiger partial charge in [-0.15, -0.1) is 5.10 Å². The minimum atomic E-state index is 0.233. The average Bonchev–Trinajstić information content (AvgIpc) is 2.53. The largest absolute Gasteiger partial charge is 0.399 e. The number of aromatic nitrogens is 3. The third kappa shape index (κ3) is 1.62. The Balaban J connectivity index is 2.41. The summed E-state index contributed by atoms with van der Waals surface area (Å²) in [6, 6.07) is 7.29. The average molecular weight is 195 g/mol. The molecule has 0 saturated carbocycles. The lowest BCUT2D eigenvalue weighted by atomic mass is 10.3. The van der Waals surface area contributed by atoms with Gasteiger partial charge in [0.25, 0.3) is 0 Å². The first kappa shape index (κ1) is 8.07. The second kappa shape index (κ2) is 3.06. The zero-order valence-corrected chi connectivity index (χ0v) is 7.44. The van der Waals surface area contributed by atoms with E-state index in [0.29, 0.717) is 0 Å². The lowest BCUT2D eigenvalue weighted by Crippen LogP contribution is -1.94. The van der Waals surface area contributed by atoms with Crippen molar-refractivity contribution in [3.05, 3.63) is 35.9 Å². The molecule has 5 heteroatoms. The van der Waals surface area contributed by atoms with Crippen LogP contribution in [0.5, 0.6) is 0 Å². The van der Waals surface area contributed by atoms with Gasteiger partial charge in [-0.25, -0.2) is 9.67 Å². The van der Waals surface area contributed by atoms with Crippen LogP contribution in [0.1, 0.15) is 0 Å². The number of nitrogens with zero attached hydrogens (tertiary/aromatic N) is 3. The van der Waals surface area contributed by atoms with Gasteiger partial charge in [-0.2, -0.15) is 0 Å². The number of benzene rings is 1. The van der Waals surface area contributed by atoms with E-state index in [0.717, 1.165) is 11.4 Å². The lowest BCUT2D eigenvalue weighted by molar-refractivity contribution is 0.879. The molecular weight excluding hydrogens is 188 g/mol. The third-order valence-corrected chi connectivity index (χ3v) is 1.79. The summed E-state index contributed by atoms with van der Waals surface area (Å²) >= 11 is 5.57. The van der Waals surface area contributed by atoms with Crippen LogP contribution in [0.15, 0.2) is 30.6 Å². The normalized spacial score (nSPS) is 10.2. The predicted octanol–water partition coefficient (Wildman–Crippen LogP) is 1.50. The molecule has 2 N–H and O–H groups in total. The predicted molar refractivity (Wildman–Crippen MR) is 50.8 cm³/mol. The smallest absolute Gasteiger partial charge is 0.242 e. The van der Waals surface area contributed by atoms with E-state index in [4.69, 9.17) is 17.3 Å². The standard InChI is InChI=1S/C8H7ClN4/c9-8-11-5-13(12-8)7-3-1-6(10)2-4-7/h1-5H,10H2. The van der Waals surface area contributed by atoms with E-state index >= 15 is 0 Å². The summed E-state index contributed by atoms with van der Waals surface area (Å²) < 4.78 is 1.59. The van der Waals surface area contributed by atoms with Gasteiger partial charge in [0.15, 0.2) is 0 Å². The van der Waals surface area contributed by atoms with E-state index in [-0.39, 0.29) is 5.28 Å². The van der Waals surface area contributed by atoms with Crippen LogP contribution in [0.2, 0.25) is 5.28 Å². The van der Waals surface area contributed by atoms with Crippen LogP contribution in [0.3, 0.4) is 0 Å². The fourth-order valence-electron chi connectivity index (χ4n) is 0.994. The maximum absolute atomic E-state index is 5.57. The number of nitrogen functional groups attached to an aromatic ring is 1. The van der Waals surface area contributed by atoms with Gasteiger partial charge in [-0.3, -0.25) is 0 Å². The Morgan fingerprint density at radius 2 is 1.92 bits per heavy atom. The van der Waals surface area contributed by atoms with Crippen molar-refractivity contribution >= 4 is 17.3 Å². The summed E-state index contributed by atoms with van der Waals surface area (Å²) in [6.07, 6.45) is 1.55. The highest BCUT2D eigenvalue weighted by Gasteiger charge is 1.98. The molecule has 0 atom stereocenters. The third-order valence-electron chi connectivity index (χ3n) is 1.62. The van der Waals surface area contributed by atoms with Crippen LogP contribution in [0.4, 0.5) is 5.69 Å². The van der Waals surface area contributed by atoms with Crippen LogP contribution < -0.4 is 5.73 Å². The maximum atomic E-state index is 5.57. The Hall–Kier alpha value is -1.55. The molecule has 66 valence electrons. The van der Waals surface area contributed by atoms with E-state index in [9.17, 15) is 0 Å². The molecule has 0 fully saturated rings. The molecule has 0 radical (unpaired) electrons. The van der Waals surface area contributed by atoms with Crippen LogP contribution in [0.25, 0.3) is 5.69 Å². The Kier molecular flexibility index (Phi) is 1.90. The molecule has 0 spiro atoms. The van der Waals surface area contributed by atoms with E-state index in [2.05, 4.69) is 10.1 Å². The molecule has 13 heavy (non-hydrogen) atoms. The number of halogens is 1. The van der Waals surface area contributed by atoms with Gasteiger partial charge in [0.05, 0.1) is 5.69 Å². The fraction of sp³-hybridized carbons (Fsp3) is 0. The minimum Gasteiger partial charge on any atom is -0.399 e. The summed E-state index contributed by atoms with van der Waals surface area (Å²) in [6.45, 7) is 0.